The van der Waals surface area contributed by atoms with E-state index in [4.69, 9.17) is 11.6 Å². The van der Waals surface area contributed by atoms with E-state index in [2.05, 4.69) is 5.32 Å². The standard InChI is InChI=1S/C28H40ClN3O4S/c1-7-21(4)30-28(34)25(8-2)31(19-23-14-16-24(29)17-15-23)27(33)13-10-18-32(37(6,35)36)26-12-9-11-20(3)22(26)5/h9,11-12,14-17,21,25H,7-8,10,13,18-19H2,1-6H3,(H,30,34). The van der Waals surface area contributed by atoms with E-state index in [9.17, 15) is 18.0 Å². The Morgan fingerprint density at radius 3 is 2.24 bits per heavy atom. The topological polar surface area (TPSA) is 86.8 Å². The summed E-state index contributed by atoms with van der Waals surface area (Å²) in [5.74, 6) is -0.386. The first kappa shape index (κ1) is 30.6. The summed E-state index contributed by atoms with van der Waals surface area (Å²) in [7, 11) is -3.55. The highest BCUT2D eigenvalue weighted by Crippen LogP contribution is 2.25. The van der Waals surface area contributed by atoms with Gasteiger partial charge in [0.2, 0.25) is 21.8 Å². The van der Waals surface area contributed by atoms with E-state index >= 15 is 0 Å². The van der Waals surface area contributed by atoms with Crippen molar-refractivity contribution >= 4 is 39.1 Å². The van der Waals surface area contributed by atoms with E-state index in [-0.39, 0.29) is 37.4 Å². The maximum absolute atomic E-state index is 13.5. The minimum atomic E-state index is -3.55. The van der Waals surface area contributed by atoms with E-state index in [1.165, 1.54) is 10.6 Å². The molecule has 0 spiro atoms. The molecule has 0 aliphatic rings. The predicted molar refractivity (Wildman–Crippen MR) is 151 cm³/mol. The lowest BCUT2D eigenvalue weighted by atomic mass is 10.1. The SMILES string of the molecule is CCC(C)NC(=O)C(CC)N(Cc1ccc(Cl)cc1)C(=O)CCCN(c1cccc(C)c1C)S(C)(=O)=O. The highest BCUT2D eigenvalue weighted by Gasteiger charge is 2.29. The molecule has 37 heavy (non-hydrogen) atoms. The van der Waals surface area contributed by atoms with Crippen molar-refractivity contribution in [3.05, 3.63) is 64.2 Å². The molecule has 2 atom stereocenters. The number of aryl methyl sites for hydroxylation is 1. The molecule has 2 unspecified atom stereocenters. The van der Waals surface area contributed by atoms with Crippen LogP contribution in [0.1, 0.15) is 63.1 Å². The molecule has 1 N–H and O–H groups in total. The molecule has 204 valence electrons. The van der Waals surface area contributed by atoms with Crippen molar-refractivity contribution in [3.8, 4) is 0 Å². The minimum Gasteiger partial charge on any atom is -0.352 e. The number of anilines is 1. The highest BCUT2D eigenvalue weighted by atomic mass is 35.5. The van der Waals surface area contributed by atoms with Gasteiger partial charge in [-0.3, -0.25) is 13.9 Å². The van der Waals surface area contributed by atoms with Crippen LogP contribution in [0, 0.1) is 13.8 Å². The summed E-state index contributed by atoms with van der Waals surface area (Å²) in [6, 6.07) is 12.1. The van der Waals surface area contributed by atoms with Crippen molar-refractivity contribution in [2.75, 3.05) is 17.1 Å². The van der Waals surface area contributed by atoms with E-state index in [1.807, 2.05) is 58.9 Å². The number of carbonyl (C=O) groups excluding carboxylic acids is 2. The van der Waals surface area contributed by atoms with Gasteiger partial charge in [0.15, 0.2) is 0 Å². The van der Waals surface area contributed by atoms with E-state index in [0.717, 1.165) is 23.1 Å². The largest absolute Gasteiger partial charge is 0.352 e. The first-order valence-corrected chi connectivity index (χ1v) is 15.0. The monoisotopic (exact) mass is 549 g/mol. The van der Waals surface area contributed by atoms with Gasteiger partial charge in [-0.1, -0.05) is 49.7 Å². The second kappa shape index (κ2) is 13.8. The number of nitrogens with zero attached hydrogens (tertiary/aromatic N) is 2. The number of hydrogen-bond donors (Lipinski definition) is 1. The summed E-state index contributed by atoms with van der Waals surface area (Å²) in [6.45, 7) is 10.1. The van der Waals surface area contributed by atoms with Gasteiger partial charge in [0.25, 0.3) is 0 Å². The fourth-order valence-corrected chi connectivity index (χ4v) is 5.28. The molecular weight excluding hydrogens is 510 g/mol. The molecule has 9 heteroatoms. The van der Waals surface area contributed by atoms with Crippen LogP contribution in [0.15, 0.2) is 42.5 Å². The highest BCUT2D eigenvalue weighted by molar-refractivity contribution is 7.92. The summed E-state index contributed by atoms with van der Waals surface area (Å²) >= 11 is 6.03. The van der Waals surface area contributed by atoms with Gasteiger partial charge in [-0.25, -0.2) is 8.42 Å². The quantitative estimate of drug-likeness (QED) is 0.371. The zero-order chi connectivity index (χ0) is 27.8. The number of carbonyl (C=O) groups is 2. The summed E-state index contributed by atoms with van der Waals surface area (Å²) in [5, 5.41) is 3.59. The first-order chi connectivity index (χ1) is 17.4. The Bertz CT molecular complexity index is 1170. The third-order valence-electron chi connectivity index (χ3n) is 6.65. The Kier molecular flexibility index (Phi) is 11.4. The van der Waals surface area contributed by atoms with Crippen molar-refractivity contribution in [1.82, 2.24) is 10.2 Å². The van der Waals surface area contributed by atoms with Gasteiger partial charge >= 0.3 is 0 Å². The van der Waals surface area contributed by atoms with Gasteiger partial charge < -0.3 is 10.2 Å². The number of benzene rings is 2. The minimum absolute atomic E-state index is 0.00470. The fourth-order valence-electron chi connectivity index (χ4n) is 4.14. The van der Waals surface area contributed by atoms with E-state index in [1.54, 1.807) is 23.1 Å². The predicted octanol–water partition coefficient (Wildman–Crippen LogP) is 5.23. The molecule has 0 aliphatic carbocycles. The first-order valence-electron chi connectivity index (χ1n) is 12.8. The molecular formula is C28H40ClN3O4S. The smallest absolute Gasteiger partial charge is 0.243 e. The Morgan fingerprint density at radius 2 is 1.68 bits per heavy atom. The van der Waals surface area contributed by atoms with Gasteiger partial charge in [-0.2, -0.15) is 0 Å². The lowest BCUT2D eigenvalue weighted by molar-refractivity contribution is -0.141. The average molecular weight is 550 g/mol. The Balaban J connectivity index is 2.25. The maximum Gasteiger partial charge on any atom is 0.243 e. The van der Waals surface area contributed by atoms with E-state index in [0.29, 0.717) is 23.6 Å². The van der Waals surface area contributed by atoms with Crippen LogP contribution >= 0.6 is 11.6 Å². The van der Waals surface area contributed by atoms with Crippen LogP contribution in [0.2, 0.25) is 5.02 Å². The molecule has 2 amide bonds. The van der Waals surface area contributed by atoms with Crippen LogP contribution in [-0.4, -0.2) is 50.0 Å². The number of hydrogen-bond acceptors (Lipinski definition) is 4. The van der Waals surface area contributed by atoms with Gasteiger partial charge in [0, 0.05) is 30.6 Å². The zero-order valence-electron chi connectivity index (χ0n) is 22.8. The number of nitrogens with one attached hydrogen (secondary N) is 1. The van der Waals surface area contributed by atoms with Crippen LogP contribution in [0.25, 0.3) is 0 Å². The van der Waals surface area contributed by atoms with Gasteiger partial charge in [-0.15, -0.1) is 0 Å². The van der Waals surface area contributed by atoms with Gasteiger partial charge in [-0.05, 0) is 74.9 Å². The van der Waals surface area contributed by atoms with Crippen molar-refractivity contribution in [2.45, 2.75) is 78.9 Å². The van der Waals surface area contributed by atoms with Crippen LogP contribution in [0.4, 0.5) is 5.69 Å². The molecule has 0 fully saturated rings. The van der Waals surface area contributed by atoms with Crippen LogP contribution < -0.4 is 9.62 Å². The molecule has 0 saturated heterocycles. The molecule has 0 aromatic heterocycles. The molecule has 0 heterocycles. The fraction of sp³-hybridized carbons (Fsp3) is 0.500. The zero-order valence-corrected chi connectivity index (χ0v) is 24.3. The second-order valence-corrected chi connectivity index (χ2v) is 11.9. The maximum atomic E-state index is 13.5. The third kappa shape index (κ3) is 8.75. The summed E-state index contributed by atoms with van der Waals surface area (Å²) in [5.41, 5.74) is 3.36. The molecule has 0 radical (unpaired) electrons. The number of sulfonamides is 1. The van der Waals surface area contributed by atoms with Crippen molar-refractivity contribution in [2.24, 2.45) is 0 Å². The normalized spacial score (nSPS) is 13.1. The number of rotatable bonds is 13. The van der Waals surface area contributed by atoms with Crippen molar-refractivity contribution in [1.29, 1.82) is 0 Å². The Morgan fingerprint density at radius 1 is 1.03 bits per heavy atom. The summed E-state index contributed by atoms with van der Waals surface area (Å²) < 4.78 is 26.6. The summed E-state index contributed by atoms with van der Waals surface area (Å²) in [4.78, 5) is 28.2. The van der Waals surface area contributed by atoms with Crippen LogP contribution in [0.3, 0.4) is 0 Å². The molecule has 0 saturated carbocycles. The molecule has 7 nitrogen and oxygen atoms in total. The number of amides is 2. The second-order valence-electron chi connectivity index (χ2n) is 9.55. The lowest BCUT2D eigenvalue weighted by Gasteiger charge is -2.32. The van der Waals surface area contributed by atoms with Crippen molar-refractivity contribution in [3.63, 3.8) is 0 Å². The summed E-state index contributed by atoms with van der Waals surface area (Å²) in [6.07, 6.45) is 2.85. The molecule has 2 aromatic rings. The Hall–Kier alpha value is -2.58. The Labute approximate surface area is 227 Å². The van der Waals surface area contributed by atoms with E-state index < -0.39 is 16.1 Å². The van der Waals surface area contributed by atoms with Crippen LogP contribution in [0.5, 0.6) is 0 Å². The lowest BCUT2D eigenvalue weighted by Crippen LogP contribution is -2.50. The van der Waals surface area contributed by atoms with Crippen LogP contribution in [-0.2, 0) is 26.2 Å². The van der Waals surface area contributed by atoms with Gasteiger partial charge in [0.1, 0.15) is 6.04 Å². The molecule has 2 aromatic carbocycles. The number of halogens is 1. The molecule has 0 bridgehead atoms. The molecule has 2 rings (SSSR count). The third-order valence-corrected chi connectivity index (χ3v) is 8.08. The van der Waals surface area contributed by atoms with Gasteiger partial charge in [0.05, 0.1) is 11.9 Å². The average Bonchev–Trinajstić information content (AvgIpc) is 2.84. The molecule has 0 aliphatic heterocycles. The van der Waals surface area contributed by atoms with Crippen molar-refractivity contribution < 1.29 is 18.0 Å².